The number of aryl methyl sites for hydroxylation is 1. The van der Waals surface area contributed by atoms with E-state index in [9.17, 15) is 30.1 Å². The summed E-state index contributed by atoms with van der Waals surface area (Å²) in [6, 6.07) is 1.35. The van der Waals surface area contributed by atoms with Crippen LogP contribution in [0.4, 0.5) is 17.1 Å². The molecular weight excluding hydrogens is 596 g/mol. The second kappa shape index (κ2) is 19.2. The van der Waals surface area contributed by atoms with Gasteiger partial charge in [-0.1, -0.05) is 51.4 Å². The Morgan fingerprint density at radius 1 is 1.21 bits per heavy atom. The van der Waals surface area contributed by atoms with Gasteiger partial charge in [-0.3, -0.25) is 25.0 Å². The molecule has 0 aliphatic heterocycles. The fourth-order valence-corrected chi connectivity index (χ4v) is 5.91. The smallest absolute Gasteiger partial charge is 0.302 e. The Morgan fingerprint density at radius 2 is 1.86 bits per heavy atom. The summed E-state index contributed by atoms with van der Waals surface area (Å²) in [4.78, 5) is 38.9. The highest BCUT2D eigenvalue weighted by molar-refractivity contribution is 7.99. The number of thioether (sulfide) groups is 1. The molecule has 2 atom stereocenters. The SMILES string of the molecule is CCC(CC)Nc1c([N+](=O)[O-])cc(C)c(C)c1[N+](=O)[O-].CCSC(C)CC1CC(=O)C(/C(CC)=N/OC/C=C/Cl)=C(O)C1. The first kappa shape index (κ1) is 37.9. The first-order valence-electron chi connectivity index (χ1n) is 14.6. The van der Waals surface area contributed by atoms with Crippen molar-refractivity contribution in [3.8, 4) is 0 Å². The number of allylic oxidation sites excluding steroid dienone is 2. The Morgan fingerprint density at radius 3 is 2.35 bits per heavy atom. The van der Waals surface area contributed by atoms with E-state index in [0.717, 1.165) is 25.0 Å². The minimum Gasteiger partial charge on any atom is -0.511 e. The molecule has 0 aromatic heterocycles. The number of halogens is 1. The van der Waals surface area contributed by atoms with Gasteiger partial charge in [0.1, 0.15) is 12.4 Å². The van der Waals surface area contributed by atoms with E-state index in [-0.39, 0.29) is 47.2 Å². The number of hydrogen-bond acceptors (Lipinski definition) is 10. The summed E-state index contributed by atoms with van der Waals surface area (Å²) < 4.78 is 0. The number of carbonyl (C=O) groups is 1. The predicted molar refractivity (Wildman–Crippen MR) is 175 cm³/mol. The van der Waals surface area contributed by atoms with E-state index in [1.165, 1.54) is 11.6 Å². The third kappa shape index (κ3) is 11.5. The Hall–Kier alpha value is -3.12. The standard InChI is InChI=1S/C17H26ClNO3S.C13H19N3O4/c1-4-14(19-22-8-6-7-18)17-15(20)10-13(11-16(17)21)9-12(3)23-5-2;1-5-10(6-2)14-12-11(15(17)18)7-8(3)9(4)13(12)16(19)20/h6-7,12-13,20H,4-5,8-11H2,1-3H3;7,10,14H,5-6H2,1-4H3/b7-6+,19-14+;. The van der Waals surface area contributed by atoms with Crippen molar-refractivity contribution in [2.45, 2.75) is 98.3 Å². The summed E-state index contributed by atoms with van der Waals surface area (Å²) in [6.07, 6.45) is 5.55. The molecule has 240 valence electrons. The third-order valence-electron chi connectivity index (χ3n) is 7.20. The molecule has 0 saturated heterocycles. The minimum absolute atomic E-state index is 0.0109. The average Bonchev–Trinajstić information content (AvgIpc) is 2.94. The van der Waals surface area contributed by atoms with Gasteiger partial charge in [0.05, 0.1) is 21.1 Å². The van der Waals surface area contributed by atoms with Crippen molar-refractivity contribution >= 4 is 51.9 Å². The van der Waals surface area contributed by atoms with Gasteiger partial charge in [0, 0.05) is 41.3 Å². The molecule has 0 fully saturated rings. The Kier molecular flexibility index (Phi) is 16.9. The lowest BCUT2D eigenvalue weighted by Crippen LogP contribution is -2.26. The van der Waals surface area contributed by atoms with Gasteiger partial charge in [0.2, 0.25) is 0 Å². The number of carbonyl (C=O) groups excluding carboxylic acids is 1. The topological polar surface area (TPSA) is 157 Å². The van der Waals surface area contributed by atoms with Crippen LogP contribution in [0.15, 0.2) is 34.2 Å². The van der Waals surface area contributed by atoms with Crippen molar-refractivity contribution < 1.29 is 24.6 Å². The van der Waals surface area contributed by atoms with Crippen molar-refractivity contribution in [3.05, 3.63) is 60.4 Å². The normalized spacial score (nSPS) is 16.3. The fraction of sp³-hybridized carbons (Fsp3) is 0.600. The number of benzene rings is 1. The van der Waals surface area contributed by atoms with Crippen LogP contribution in [0.5, 0.6) is 0 Å². The van der Waals surface area contributed by atoms with E-state index in [1.807, 2.05) is 32.5 Å². The number of hydrogen-bond donors (Lipinski definition) is 2. The molecular formula is C30H45ClN4O7S. The number of nitro groups is 2. The molecule has 2 N–H and O–H groups in total. The summed E-state index contributed by atoms with van der Waals surface area (Å²) in [7, 11) is 0. The number of ketones is 1. The zero-order valence-electron chi connectivity index (χ0n) is 26.1. The van der Waals surface area contributed by atoms with Crippen LogP contribution >= 0.6 is 23.4 Å². The molecule has 1 aliphatic rings. The number of oxime groups is 1. The van der Waals surface area contributed by atoms with E-state index in [1.54, 1.807) is 19.9 Å². The van der Waals surface area contributed by atoms with Crippen molar-refractivity contribution in [2.75, 3.05) is 17.7 Å². The largest absolute Gasteiger partial charge is 0.511 e. The van der Waals surface area contributed by atoms with Crippen LogP contribution in [0.1, 0.15) is 84.3 Å². The van der Waals surface area contributed by atoms with Crippen LogP contribution in [-0.2, 0) is 9.63 Å². The van der Waals surface area contributed by atoms with Crippen LogP contribution < -0.4 is 5.32 Å². The van der Waals surface area contributed by atoms with Crippen molar-refractivity contribution in [2.24, 2.45) is 11.1 Å². The maximum Gasteiger partial charge on any atom is 0.302 e. The summed E-state index contributed by atoms with van der Waals surface area (Å²) in [6.45, 7) is 13.5. The lowest BCUT2D eigenvalue weighted by molar-refractivity contribution is -0.392. The van der Waals surface area contributed by atoms with Gasteiger partial charge in [-0.15, -0.1) is 0 Å². The number of nitrogens with zero attached hydrogens (tertiary/aromatic N) is 3. The molecule has 0 spiro atoms. The van der Waals surface area contributed by atoms with Crippen LogP contribution in [-0.4, -0.2) is 50.1 Å². The molecule has 2 rings (SSSR count). The number of rotatable bonds is 15. The zero-order valence-corrected chi connectivity index (χ0v) is 27.7. The highest BCUT2D eigenvalue weighted by Crippen LogP contribution is 2.39. The van der Waals surface area contributed by atoms with Crippen molar-refractivity contribution in [3.63, 3.8) is 0 Å². The van der Waals surface area contributed by atoms with E-state index in [4.69, 9.17) is 16.4 Å². The van der Waals surface area contributed by atoms with Gasteiger partial charge in [-0.25, -0.2) is 0 Å². The average molecular weight is 641 g/mol. The maximum atomic E-state index is 12.4. The summed E-state index contributed by atoms with van der Waals surface area (Å²) in [5.41, 5.74) is 2.75. The number of aliphatic hydroxyl groups is 1. The first-order chi connectivity index (χ1) is 20.4. The molecule has 0 bridgehead atoms. The van der Waals surface area contributed by atoms with E-state index < -0.39 is 9.85 Å². The molecule has 1 aliphatic carbocycles. The monoisotopic (exact) mass is 640 g/mol. The maximum absolute atomic E-state index is 12.4. The predicted octanol–water partition coefficient (Wildman–Crippen LogP) is 8.56. The van der Waals surface area contributed by atoms with Gasteiger partial charge in [0.15, 0.2) is 11.5 Å². The van der Waals surface area contributed by atoms with E-state index in [2.05, 4.69) is 24.3 Å². The van der Waals surface area contributed by atoms with Crippen molar-refractivity contribution in [1.29, 1.82) is 0 Å². The summed E-state index contributed by atoms with van der Waals surface area (Å²) in [5, 5.41) is 40.2. The van der Waals surface area contributed by atoms with Gasteiger partial charge in [-0.05, 0) is 62.8 Å². The fourth-order valence-electron chi connectivity index (χ4n) is 4.86. The molecule has 43 heavy (non-hydrogen) atoms. The zero-order chi connectivity index (χ0) is 32.7. The third-order valence-corrected chi connectivity index (χ3v) is 8.48. The van der Waals surface area contributed by atoms with Gasteiger partial charge < -0.3 is 15.3 Å². The number of anilines is 1. The molecule has 0 radical (unpaired) electrons. The minimum atomic E-state index is -0.579. The van der Waals surface area contributed by atoms with Gasteiger partial charge in [0.25, 0.3) is 5.69 Å². The first-order valence-corrected chi connectivity index (χ1v) is 16.1. The second-order valence-electron chi connectivity index (χ2n) is 10.3. The summed E-state index contributed by atoms with van der Waals surface area (Å²) in [5.74, 6) is 1.38. The molecule has 11 nitrogen and oxygen atoms in total. The van der Waals surface area contributed by atoms with Crippen molar-refractivity contribution in [1.82, 2.24) is 0 Å². The van der Waals surface area contributed by atoms with Gasteiger partial charge in [-0.2, -0.15) is 11.8 Å². The number of Topliss-reactive ketones (excluding diaryl/α,β-unsaturated/α-hetero) is 1. The molecule has 0 saturated carbocycles. The highest BCUT2D eigenvalue weighted by Gasteiger charge is 2.32. The Labute approximate surface area is 263 Å². The molecule has 2 unspecified atom stereocenters. The van der Waals surface area contributed by atoms with Gasteiger partial charge >= 0.3 is 5.69 Å². The molecule has 0 amide bonds. The van der Waals surface area contributed by atoms with Crippen LogP contribution in [0, 0.1) is 40.0 Å². The van der Waals surface area contributed by atoms with E-state index >= 15 is 0 Å². The number of nitro benzene ring substituents is 2. The Balaban J connectivity index is 0.000000434. The lowest BCUT2D eigenvalue weighted by atomic mass is 9.82. The second-order valence-corrected chi connectivity index (χ2v) is 12.3. The highest BCUT2D eigenvalue weighted by atomic mass is 35.5. The molecule has 1 aromatic rings. The van der Waals surface area contributed by atoms with Crippen LogP contribution in [0.2, 0.25) is 0 Å². The Bertz CT molecular complexity index is 1220. The molecule has 13 heteroatoms. The molecule has 1 aromatic carbocycles. The van der Waals surface area contributed by atoms with Crippen LogP contribution in [0.3, 0.4) is 0 Å². The van der Waals surface area contributed by atoms with E-state index in [0.29, 0.717) is 46.9 Å². The lowest BCUT2D eigenvalue weighted by Gasteiger charge is -2.25. The molecule has 0 heterocycles. The quantitative estimate of drug-likeness (QED) is 0.0829. The van der Waals surface area contributed by atoms with Crippen LogP contribution in [0.25, 0.3) is 0 Å². The number of aliphatic hydroxyl groups excluding tert-OH is 1. The number of nitrogens with one attached hydrogen (secondary N) is 1. The summed E-state index contributed by atoms with van der Waals surface area (Å²) >= 11 is 7.30.